The SMILES string of the molecule is O=C(c1ccc2c(c1)C(=O)N(Cc1ccco1)C2=O)N1CCCCCC1. The molecule has 3 amide bonds. The summed E-state index contributed by atoms with van der Waals surface area (Å²) in [6.45, 7) is 1.58. The Hall–Kier alpha value is -2.89. The lowest BCUT2D eigenvalue weighted by Crippen LogP contribution is -2.32. The van der Waals surface area contributed by atoms with Crippen molar-refractivity contribution in [3.63, 3.8) is 0 Å². The Balaban J connectivity index is 1.58. The van der Waals surface area contributed by atoms with Crippen molar-refractivity contribution in [1.82, 2.24) is 9.80 Å². The van der Waals surface area contributed by atoms with Crippen molar-refractivity contribution in [2.75, 3.05) is 13.1 Å². The van der Waals surface area contributed by atoms with Gasteiger partial charge in [-0.3, -0.25) is 19.3 Å². The molecule has 26 heavy (non-hydrogen) atoms. The van der Waals surface area contributed by atoms with Gasteiger partial charge in [0.05, 0.1) is 23.9 Å². The summed E-state index contributed by atoms with van der Waals surface area (Å²) < 4.78 is 5.24. The van der Waals surface area contributed by atoms with Crippen LogP contribution in [0.25, 0.3) is 0 Å². The zero-order chi connectivity index (χ0) is 18.1. The Morgan fingerprint density at radius 1 is 0.962 bits per heavy atom. The molecule has 2 aliphatic rings. The first-order chi connectivity index (χ1) is 12.6. The van der Waals surface area contributed by atoms with Crippen molar-refractivity contribution in [1.29, 1.82) is 0 Å². The van der Waals surface area contributed by atoms with E-state index in [1.54, 1.807) is 30.3 Å². The maximum atomic E-state index is 12.8. The van der Waals surface area contributed by atoms with Crippen LogP contribution in [0.2, 0.25) is 0 Å². The normalized spacial score (nSPS) is 17.4. The molecule has 2 aliphatic heterocycles. The number of benzene rings is 1. The minimum Gasteiger partial charge on any atom is -0.467 e. The first-order valence-corrected chi connectivity index (χ1v) is 8.97. The molecule has 0 N–H and O–H groups in total. The molecule has 1 fully saturated rings. The van der Waals surface area contributed by atoms with Gasteiger partial charge < -0.3 is 9.32 Å². The van der Waals surface area contributed by atoms with Crippen LogP contribution in [0.1, 0.15) is 62.5 Å². The predicted molar refractivity (Wildman–Crippen MR) is 93.7 cm³/mol. The van der Waals surface area contributed by atoms with Crippen molar-refractivity contribution in [2.45, 2.75) is 32.2 Å². The highest BCUT2D eigenvalue weighted by Gasteiger charge is 2.36. The lowest BCUT2D eigenvalue weighted by atomic mass is 10.0. The fourth-order valence-electron chi connectivity index (χ4n) is 3.58. The Labute approximate surface area is 151 Å². The third-order valence-corrected chi connectivity index (χ3v) is 5.00. The predicted octanol–water partition coefficient (Wildman–Crippen LogP) is 3.09. The number of carbonyl (C=O) groups excluding carboxylic acids is 3. The second-order valence-electron chi connectivity index (χ2n) is 6.74. The summed E-state index contributed by atoms with van der Waals surface area (Å²) in [7, 11) is 0. The summed E-state index contributed by atoms with van der Waals surface area (Å²) >= 11 is 0. The smallest absolute Gasteiger partial charge is 0.261 e. The Morgan fingerprint density at radius 3 is 2.38 bits per heavy atom. The molecule has 6 heteroatoms. The summed E-state index contributed by atoms with van der Waals surface area (Å²) in [5.74, 6) is -0.262. The standard InChI is InChI=1S/C20H20N2O4/c23-18(21-9-3-1-2-4-10-21)14-7-8-16-17(12-14)20(25)22(19(16)24)13-15-6-5-11-26-15/h5-8,11-12H,1-4,9-10,13H2. The first-order valence-electron chi connectivity index (χ1n) is 8.97. The van der Waals surface area contributed by atoms with E-state index in [1.807, 2.05) is 4.90 Å². The van der Waals surface area contributed by atoms with Crippen LogP contribution in [0, 0.1) is 0 Å². The monoisotopic (exact) mass is 352 g/mol. The van der Waals surface area contributed by atoms with Crippen LogP contribution in [0.5, 0.6) is 0 Å². The Kier molecular flexibility index (Phi) is 4.32. The number of amides is 3. The van der Waals surface area contributed by atoms with E-state index in [0.717, 1.165) is 43.7 Å². The molecule has 2 aromatic rings. The largest absolute Gasteiger partial charge is 0.467 e. The highest BCUT2D eigenvalue weighted by atomic mass is 16.3. The van der Waals surface area contributed by atoms with Gasteiger partial charge in [0, 0.05) is 18.7 Å². The number of furan rings is 1. The van der Waals surface area contributed by atoms with Crippen LogP contribution >= 0.6 is 0 Å². The van der Waals surface area contributed by atoms with E-state index < -0.39 is 0 Å². The number of imide groups is 1. The topological polar surface area (TPSA) is 70.8 Å². The van der Waals surface area contributed by atoms with Crippen LogP contribution in [0.3, 0.4) is 0 Å². The van der Waals surface area contributed by atoms with Crippen LogP contribution in [-0.4, -0.2) is 40.6 Å². The number of hydrogen-bond acceptors (Lipinski definition) is 4. The molecule has 0 saturated carbocycles. The van der Waals surface area contributed by atoms with Gasteiger partial charge in [-0.2, -0.15) is 0 Å². The number of rotatable bonds is 3. The second-order valence-corrected chi connectivity index (χ2v) is 6.74. The van der Waals surface area contributed by atoms with Gasteiger partial charge in [-0.15, -0.1) is 0 Å². The van der Waals surface area contributed by atoms with E-state index in [4.69, 9.17) is 4.42 Å². The second kappa shape index (κ2) is 6.78. The van der Waals surface area contributed by atoms with Crippen molar-refractivity contribution >= 4 is 17.7 Å². The molecule has 1 aromatic carbocycles. The van der Waals surface area contributed by atoms with Gasteiger partial charge in [0.2, 0.25) is 0 Å². The lowest BCUT2D eigenvalue weighted by molar-refractivity contribution is 0.0631. The Bertz CT molecular complexity index is 849. The van der Waals surface area contributed by atoms with E-state index >= 15 is 0 Å². The molecular weight excluding hydrogens is 332 g/mol. The number of hydrogen-bond donors (Lipinski definition) is 0. The first kappa shape index (κ1) is 16.6. The average molecular weight is 352 g/mol. The van der Waals surface area contributed by atoms with Crippen molar-refractivity contribution in [2.24, 2.45) is 0 Å². The number of carbonyl (C=O) groups is 3. The lowest BCUT2D eigenvalue weighted by Gasteiger charge is -2.20. The van der Waals surface area contributed by atoms with Gasteiger partial charge in [-0.05, 0) is 43.2 Å². The molecule has 0 atom stereocenters. The van der Waals surface area contributed by atoms with Crippen LogP contribution in [-0.2, 0) is 6.54 Å². The summed E-state index contributed by atoms with van der Waals surface area (Å²) in [4.78, 5) is 41.0. The van der Waals surface area contributed by atoms with Gasteiger partial charge in [-0.25, -0.2) is 0 Å². The number of fused-ring (bicyclic) bond motifs is 1. The van der Waals surface area contributed by atoms with Crippen molar-refractivity contribution in [3.8, 4) is 0 Å². The van der Waals surface area contributed by atoms with E-state index in [1.165, 1.54) is 6.26 Å². The quantitative estimate of drug-likeness (QED) is 0.796. The van der Waals surface area contributed by atoms with Gasteiger partial charge in [-0.1, -0.05) is 12.8 Å². The molecule has 3 heterocycles. The molecule has 0 radical (unpaired) electrons. The van der Waals surface area contributed by atoms with Gasteiger partial charge in [0.15, 0.2) is 0 Å². The third-order valence-electron chi connectivity index (χ3n) is 5.00. The molecular formula is C20H20N2O4. The van der Waals surface area contributed by atoms with Crippen LogP contribution < -0.4 is 0 Å². The highest BCUT2D eigenvalue weighted by molar-refractivity contribution is 6.22. The van der Waals surface area contributed by atoms with E-state index in [2.05, 4.69) is 0 Å². The van der Waals surface area contributed by atoms with Gasteiger partial charge in [0.1, 0.15) is 5.76 Å². The molecule has 134 valence electrons. The third kappa shape index (κ3) is 2.92. The molecule has 1 aromatic heterocycles. The van der Waals surface area contributed by atoms with Crippen LogP contribution in [0.4, 0.5) is 0 Å². The fraction of sp³-hybridized carbons (Fsp3) is 0.350. The van der Waals surface area contributed by atoms with Gasteiger partial charge >= 0.3 is 0 Å². The van der Waals surface area contributed by atoms with Gasteiger partial charge in [0.25, 0.3) is 17.7 Å². The minimum atomic E-state index is -0.382. The molecule has 0 unspecified atom stereocenters. The summed E-state index contributed by atoms with van der Waals surface area (Å²) in [6.07, 6.45) is 5.80. The zero-order valence-electron chi connectivity index (χ0n) is 14.4. The fourth-order valence-corrected chi connectivity index (χ4v) is 3.58. The average Bonchev–Trinajstić information content (AvgIpc) is 3.13. The van der Waals surface area contributed by atoms with Crippen molar-refractivity contribution in [3.05, 3.63) is 59.0 Å². The zero-order valence-corrected chi connectivity index (χ0v) is 14.4. The minimum absolute atomic E-state index is 0.0700. The summed E-state index contributed by atoms with van der Waals surface area (Å²) in [5, 5.41) is 0. The van der Waals surface area contributed by atoms with Crippen molar-refractivity contribution < 1.29 is 18.8 Å². The maximum absolute atomic E-state index is 12.8. The highest BCUT2D eigenvalue weighted by Crippen LogP contribution is 2.26. The number of likely N-dealkylation sites (tertiary alicyclic amines) is 1. The summed E-state index contributed by atoms with van der Waals surface area (Å²) in [5.41, 5.74) is 1.10. The molecule has 6 nitrogen and oxygen atoms in total. The number of nitrogens with zero attached hydrogens (tertiary/aromatic N) is 2. The molecule has 0 aliphatic carbocycles. The van der Waals surface area contributed by atoms with E-state index in [-0.39, 0.29) is 24.3 Å². The van der Waals surface area contributed by atoms with E-state index in [0.29, 0.717) is 22.5 Å². The molecule has 1 saturated heterocycles. The summed E-state index contributed by atoms with van der Waals surface area (Å²) in [6, 6.07) is 8.23. The Morgan fingerprint density at radius 2 is 1.69 bits per heavy atom. The van der Waals surface area contributed by atoms with Crippen LogP contribution in [0.15, 0.2) is 41.0 Å². The molecule has 0 bridgehead atoms. The van der Waals surface area contributed by atoms with E-state index in [9.17, 15) is 14.4 Å². The molecule has 0 spiro atoms. The molecule has 4 rings (SSSR count). The maximum Gasteiger partial charge on any atom is 0.261 e.